The number of carbonyl (C=O) groups excluding carboxylic acids is 1. The van der Waals surface area contributed by atoms with E-state index in [0.29, 0.717) is 15.8 Å². The van der Waals surface area contributed by atoms with Crippen LogP contribution in [0.1, 0.15) is 31.9 Å². The van der Waals surface area contributed by atoms with E-state index in [1.54, 1.807) is 12.4 Å². The molecule has 25 heavy (non-hydrogen) atoms. The van der Waals surface area contributed by atoms with Gasteiger partial charge in [0, 0.05) is 11.9 Å². The molecule has 0 aliphatic rings. The van der Waals surface area contributed by atoms with Gasteiger partial charge in [0.15, 0.2) is 5.13 Å². The maximum atomic E-state index is 12.5. The zero-order valence-corrected chi connectivity index (χ0v) is 15.5. The molecule has 0 atom stereocenters. The Labute approximate surface area is 151 Å². The minimum absolute atomic E-state index is 0.155. The molecule has 2 N–H and O–H groups in total. The summed E-state index contributed by atoms with van der Waals surface area (Å²) in [6.07, 6.45) is 3.32. The monoisotopic (exact) mass is 352 g/mol. The Morgan fingerprint density at radius 3 is 2.40 bits per heavy atom. The Bertz CT molecular complexity index is 910. The molecule has 128 valence electrons. The van der Waals surface area contributed by atoms with E-state index >= 15 is 0 Å². The van der Waals surface area contributed by atoms with Crippen molar-refractivity contribution in [3.8, 4) is 0 Å². The lowest BCUT2D eigenvalue weighted by molar-refractivity contribution is 0.103. The van der Waals surface area contributed by atoms with Crippen molar-refractivity contribution in [2.45, 2.75) is 27.7 Å². The third-order valence-corrected chi connectivity index (χ3v) is 4.71. The summed E-state index contributed by atoms with van der Waals surface area (Å²) in [6.45, 7) is 8.04. The van der Waals surface area contributed by atoms with Gasteiger partial charge < -0.3 is 10.6 Å². The maximum Gasteiger partial charge on any atom is 0.267 e. The lowest BCUT2D eigenvalue weighted by atomic mass is 10.1. The van der Waals surface area contributed by atoms with Gasteiger partial charge in [-0.3, -0.25) is 4.79 Å². The lowest BCUT2D eigenvalue weighted by Crippen LogP contribution is -2.12. The molecule has 0 saturated carbocycles. The van der Waals surface area contributed by atoms with Crippen molar-refractivity contribution < 1.29 is 4.79 Å². The number of aryl methyl sites for hydroxylation is 4. The van der Waals surface area contributed by atoms with Crippen LogP contribution in [0.15, 0.2) is 36.7 Å². The molecule has 0 bridgehead atoms. The first-order valence-electron chi connectivity index (χ1n) is 7.97. The predicted octanol–water partition coefficient (Wildman–Crippen LogP) is 4.77. The number of benzene rings is 1. The van der Waals surface area contributed by atoms with E-state index < -0.39 is 0 Å². The second kappa shape index (κ2) is 7.03. The standard InChI is InChI=1S/C19H20N4OS/c1-11-5-6-20-16(9-11)22-19-21-10-15(25-19)18(24)23-17-13(3)7-12(2)8-14(17)4/h5-10H,1-4H3,(H,23,24)(H,20,21,22). The Morgan fingerprint density at radius 2 is 1.72 bits per heavy atom. The van der Waals surface area contributed by atoms with Gasteiger partial charge >= 0.3 is 0 Å². The molecule has 0 saturated heterocycles. The maximum absolute atomic E-state index is 12.5. The van der Waals surface area contributed by atoms with Gasteiger partial charge in [-0.2, -0.15) is 0 Å². The summed E-state index contributed by atoms with van der Waals surface area (Å²) in [7, 11) is 0. The number of nitrogens with zero attached hydrogens (tertiary/aromatic N) is 2. The van der Waals surface area contributed by atoms with Gasteiger partial charge in [-0.05, 0) is 56.5 Å². The summed E-state index contributed by atoms with van der Waals surface area (Å²) in [5, 5.41) is 6.77. The van der Waals surface area contributed by atoms with Crippen LogP contribution < -0.4 is 10.6 Å². The Morgan fingerprint density at radius 1 is 1.00 bits per heavy atom. The Kier molecular flexibility index (Phi) is 4.81. The molecule has 2 aromatic heterocycles. The average molecular weight is 352 g/mol. The zero-order chi connectivity index (χ0) is 18.0. The molecule has 1 amide bonds. The zero-order valence-electron chi connectivity index (χ0n) is 14.7. The van der Waals surface area contributed by atoms with Gasteiger partial charge in [0.05, 0.1) is 6.20 Å². The summed E-state index contributed by atoms with van der Waals surface area (Å²) < 4.78 is 0. The largest absolute Gasteiger partial charge is 0.321 e. The smallest absolute Gasteiger partial charge is 0.267 e. The Balaban J connectivity index is 1.75. The van der Waals surface area contributed by atoms with Crippen LogP contribution in [0.4, 0.5) is 16.6 Å². The molecule has 0 fully saturated rings. The summed E-state index contributed by atoms with van der Waals surface area (Å²) in [5.41, 5.74) is 5.26. The number of hydrogen-bond donors (Lipinski definition) is 2. The number of hydrogen-bond acceptors (Lipinski definition) is 5. The molecule has 0 spiro atoms. The van der Waals surface area contributed by atoms with E-state index in [9.17, 15) is 4.79 Å². The van der Waals surface area contributed by atoms with Gasteiger partial charge in [-0.1, -0.05) is 29.0 Å². The van der Waals surface area contributed by atoms with Crippen molar-refractivity contribution in [1.82, 2.24) is 9.97 Å². The second-order valence-electron chi connectivity index (χ2n) is 6.10. The highest BCUT2D eigenvalue weighted by Gasteiger charge is 2.14. The number of anilines is 3. The summed E-state index contributed by atoms with van der Waals surface area (Å²) in [5.74, 6) is 0.560. The first kappa shape index (κ1) is 17.1. The third-order valence-electron chi connectivity index (χ3n) is 3.80. The normalized spacial score (nSPS) is 10.6. The number of rotatable bonds is 4. The molecule has 0 aliphatic carbocycles. The SMILES string of the molecule is Cc1ccnc(Nc2ncc(C(=O)Nc3c(C)cc(C)cc3C)s2)c1. The van der Waals surface area contributed by atoms with E-state index in [-0.39, 0.29) is 5.91 Å². The number of pyridine rings is 1. The van der Waals surface area contributed by atoms with Crippen LogP contribution in [-0.4, -0.2) is 15.9 Å². The second-order valence-corrected chi connectivity index (χ2v) is 7.13. The predicted molar refractivity (Wildman–Crippen MR) is 103 cm³/mol. The molecule has 0 radical (unpaired) electrons. The highest BCUT2D eigenvalue weighted by atomic mass is 32.1. The summed E-state index contributed by atoms with van der Waals surface area (Å²) in [6, 6.07) is 7.98. The van der Waals surface area contributed by atoms with E-state index in [1.807, 2.05) is 39.8 Å². The molecule has 2 heterocycles. The Hall–Kier alpha value is -2.73. The van der Waals surface area contributed by atoms with E-state index in [4.69, 9.17) is 0 Å². The van der Waals surface area contributed by atoms with E-state index in [0.717, 1.165) is 22.4 Å². The molecule has 5 nitrogen and oxygen atoms in total. The van der Waals surface area contributed by atoms with Crippen molar-refractivity contribution >= 4 is 33.9 Å². The van der Waals surface area contributed by atoms with Crippen LogP contribution in [0, 0.1) is 27.7 Å². The third kappa shape index (κ3) is 4.03. The molecule has 3 rings (SSSR count). The molecular formula is C19H20N4OS. The summed E-state index contributed by atoms with van der Waals surface area (Å²) in [4.78, 5) is 21.6. The topological polar surface area (TPSA) is 66.9 Å². The fourth-order valence-electron chi connectivity index (χ4n) is 2.70. The quantitative estimate of drug-likeness (QED) is 0.710. The first-order valence-corrected chi connectivity index (χ1v) is 8.79. The highest BCUT2D eigenvalue weighted by molar-refractivity contribution is 7.17. The minimum atomic E-state index is -0.155. The van der Waals surface area contributed by atoms with Crippen molar-refractivity contribution in [3.63, 3.8) is 0 Å². The van der Waals surface area contributed by atoms with Gasteiger partial charge in [-0.25, -0.2) is 9.97 Å². The number of carbonyl (C=O) groups is 1. The van der Waals surface area contributed by atoms with Gasteiger partial charge in [0.1, 0.15) is 10.7 Å². The fraction of sp³-hybridized carbons (Fsp3) is 0.211. The van der Waals surface area contributed by atoms with Crippen molar-refractivity contribution in [2.24, 2.45) is 0 Å². The molecule has 3 aromatic rings. The molecule has 0 aliphatic heterocycles. The molecular weight excluding hydrogens is 332 g/mol. The fourth-order valence-corrected chi connectivity index (χ4v) is 3.42. The van der Waals surface area contributed by atoms with Crippen LogP contribution in [-0.2, 0) is 0 Å². The molecule has 0 unspecified atom stereocenters. The highest BCUT2D eigenvalue weighted by Crippen LogP contribution is 2.26. The first-order chi connectivity index (χ1) is 11.9. The van der Waals surface area contributed by atoms with Gasteiger partial charge in [0.2, 0.25) is 0 Å². The number of amides is 1. The van der Waals surface area contributed by atoms with Gasteiger partial charge in [-0.15, -0.1) is 0 Å². The number of thiazole rings is 1. The van der Waals surface area contributed by atoms with Crippen molar-refractivity contribution in [2.75, 3.05) is 10.6 Å². The van der Waals surface area contributed by atoms with Crippen LogP contribution in [0.3, 0.4) is 0 Å². The van der Waals surface area contributed by atoms with E-state index in [2.05, 4.69) is 32.7 Å². The van der Waals surface area contributed by atoms with Crippen LogP contribution in [0.25, 0.3) is 0 Å². The molecule has 6 heteroatoms. The van der Waals surface area contributed by atoms with E-state index in [1.165, 1.54) is 16.9 Å². The van der Waals surface area contributed by atoms with Crippen LogP contribution in [0.5, 0.6) is 0 Å². The van der Waals surface area contributed by atoms with Crippen LogP contribution in [0.2, 0.25) is 0 Å². The molecule has 1 aromatic carbocycles. The average Bonchev–Trinajstić information content (AvgIpc) is 2.99. The van der Waals surface area contributed by atoms with Gasteiger partial charge in [0.25, 0.3) is 5.91 Å². The van der Waals surface area contributed by atoms with Crippen molar-refractivity contribution in [3.05, 3.63) is 63.8 Å². The lowest BCUT2D eigenvalue weighted by Gasteiger charge is -2.12. The number of nitrogens with one attached hydrogen (secondary N) is 2. The van der Waals surface area contributed by atoms with Crippen LogP contribution >= 0.6 is 11.3 Å². The minimum Gasteiger partial charge on any atom is -0.321 e. The summed E-state index contributed by atoms with van der Waals surface area (Å²) >= 11 is 1.30. The van der Waals surface area contributed by atoms with Crippen molar-refractivity contribution in [1.29, 1.82) is 0 Å². The number of aromatic nitrogens is 2.